The summed E-state index contributed by atoms with van der Waals surface area (Å²) in [4.78, 5) is 12.5. The number of imidazole rings is 1. The second-order valence-corrected chi connectivity index (χ2v) is 6.41. The number of nitriles is 1. The molecule has 0 amide bonds. The second-order valence-electron chi connectivity index (χ2n) is 5.49. The number of hydrogen-bond donors (Lipinski definition) is 2. The number of fused-ring (bicyclic) bond motifs is 1. The minimum absolute atomic E-state index is 0.0256. The molecule has 2 aromatic carbocycles. The van der Waals surface area contributed by atoms with Crippen molar-refractivity contribution in [3.05, 3.63) is 70.2 Å². The molecule has 3 aromatic rings. The molecule has 1 heterocycles. The van der Waals surface area contributed by atoms with Crippen molar-refractivity contribution in [2.75, 3.05) is 6.61 Å². The molecule has 0 aliphatic rings. The van der Waals surface area contributed by atoms with Gasteiger partial charge in [0.1, 0.15) is 11.6 Å². The molecule has 0 radical (unpaired) electrons. The number of benzene rings is 2. The number of aromatic amines is 1. The van der Waals surface area contributed by atoms with E-state index in [1.165, 1.54) is 0 Å². The third kappa shape index (κ3) is 3.92. The number of allylic oxidation sites excluding steroid dienone is 1. The Balaban J connectivity index is 1.75. The van der Waals surface area contributed by atoms with Gasteiger partial charge in [0.05, 0.1) is 16.7 Å². The van der Waals surface area contributed by atoms with Gasteiger partial charge in [0.15, 0.2) is 18.2 Å². The fraction of sp³-hybridized carbons (Fsp3) is 0.105. The lowest BCUT2D eigenvalue weighted by atomic mass is 10.1. The summed E-state index contributed by atoms with van der Waals surface area (Å²) in [6.45, 7) is 1.57. The van der Waals surface area contributed by atoms with Gasteiger partial charge >= 0.3 is 0 Å². The van der Waals surface area contributed by atoms with Crippen molar-refractivity contribution in [2.45, 2.75) is 6.92 Å². The van der Waals surface area contributed by atoms with E-state index in [2.05, 4.69) is 31.1 Å². The highest BCUT2D eigenvalue weighted by Crippen LogP contribution is 2.19. The number of para-hydroxylation sites is 2. The number of nitrogens with one attached hydrogen (secondary N) is 1. The van der Waals surface area contributed by atoms with E-state index in [1.54, 1.807) is 6.92 Å². The highest BCUT2D eigenvalue weighted by atomic mass is 79.9. The first kappa shape index (κ1) is 17.7. The predicted octanol–water partition coefficient (Wildman–Crippen LogP) is 4.56. The molecular formula is C19H15BrN4O2. The SMILES string of the molecule is CC(=NOCC(O)=C(C#N)c1nc2ccccc2[nH]1)c1ccc(Br)cc1. The monoisotopic (exact) mass is 410 g/mol. The molecule has 0 saturated heterocycles. The van der Waals surface area contributed by atoms with Gasteiger partial charge < -0.3 is 14.9 Å². The van der Waals surface area contributed by atoms with E-state index >= 15 is 0 Å². The van der Waals surface area contributed by atoms with E-state index < -0.39 is 0 Å². The molecule has 130 valence electrons. The quantitative estimate of drug-likeness (QED) is 0.279. The molecule has 0 fully saturated rings. The number of rotatable bonds is 5. The number of oxime groups is 1. The average molecular weight is 411 g/mol. The van der Waals surface area contributed by atoms with Crippen LogP contribution in [0.3, 0.4) is 0 Å². The van der Waals surface area contributed by atoms with Crippen molar-refractivity contribution in [3.63, 3.8) is 0 Å². The topological polar surface area (TPSA) is 94.3 Å². The molecule has 0 atom stereocenters. The second kappa shape index (κ2) is 7.85. The summed E-state index contributed by atoms with van der Waals surface area (Å²) in [7, 11) is 0. The first-order valence-electron chi connectivity index (χ1n) is 7.78. The van der Waals surface area contributed by atoms with Crippen LogP contribution in [0.15, 0.2) is 63.9 Å². The molecule has 0 saturated carbocycles. The lowest BCUT2D eigenvalue weighted by Gasteiger charge is -2.04. The third-order valence-corrected chi connectivity index (χ3v) is 4.22. The van der Waals surface area contributed by atoms with Crippen LogP contribution in [0.25, 0.3) is 16.6 Å². The minimum Gasteiger partial charge on any atom is -0.507 e. The Kier molecular flexibility index (Phi) is 5.34. The summed E-state index contributed by atoms with van der Waals surface area (Å²) in [5.74, 6) is 0.0577. The van der Waals surface area contributed by atoms with E-state index in [4.69, 9.17) is 4.84 Å². The molecule has 6 nitrogen and oxygen atoms in total. The van der Waals surface area contributed by atoms with Crippen LogP contribution in [0.4, 0.5) is 0 Å². The van der Waals surface area contributed by atoms with Gasteiger partial charge in [-0.15, -0.1) is 0 Å². The highest BCUT2D eigenvalue weighted by Gasteiger charge is 2.13. The zero-order valence-electron chi connectivity index (χ0n) is 13.9. The number of hydrogen-bond acceptors (Lipinski definition) is 5. The van der Waals surface area contributed by atoms with Crippen LogP contribution >= 0.6 is 15.9 Å². The van der Waals surface area contributed by atoms with E-state index in [9.17, 15) is 10.4 Å². The number of aliphatic hydroxyl groups is 1. The Morgan fingerprint density at radius 2 is 2.00 bits per heavy atom. The van der Waals surface area contributed by atoms with Gasteiger partial charge in [-0.25, -0.2) is 4.98 Å². The molecule has 0 aliphatic carbocycles. The molecule has 26 heavy (non-hydrogen) atoms. The first-order valence-corrected chi connectivity index (χ1v) is 8.57. The smallest absolute Gasteiger partial charge is 0.175 e. The maximum Gasteiger partial charge on any atom is 0.175 e. The lowest BCUT2D eigenvalue weighted by Crippen LogP contribution is -2.01. The van der Waals surface area contributed by atoms with Gasteiger partial charge in [-0.3, -0.25) is 0 Å². The molecule has 0 spiro atoms. The molecule has 0 bridgehead atoms. The fourth-order valence-electron chi connectivity index (χ4n) is 2.33. The van der Waals surface area contributed by atoms with E-state index in [-0.39, 0.29) is 17.9 Å². The van der Waals surface area contributed by atoms with E-state index in [1.807, 2.05) is 54.6 Å². The standard InChI is InChI=1S/C19H15BrN4O2/c1-12(13-6-8-14(20)9-7-13)24-26-11-18(25)15(10-21)19-22-16-4-2-3-5-17(16)23-19/h2-9,25H,11H2,1H3,(H,22,23). The third-order valence-electron chi connectivity index (χ3n) is 3.69. The highest BCUT2D eigenvalue weighted by molar-refractivity contribution is 9.10. The van der Waals surface area contributed by atoms with Crippen LogP contribution in [-0.4, -0.2) is 27.4 Å². The number of halogens is 1. The molecule has 3 rings (SSSR count). The summed E-state index contributed by atoms with van der Waals surface area (Å²) >= 11 is 3.38. The van der Waals surface area contributed by atoms with E-state index in [0.717, 1.165) is 15.6 Å². The predicted molar refractivity (Wildman–Crippen MR) is 104 cm³/mol. The summed E-state index contributed by atoms with van der Waals surface area (Å²) in [6, 6.07) is 17.0. The van der Waals surface area contributed by atoms with E-state index in [0.29, 0.717) is 17.1 Å². The van der Waals surface area contributed by atoms with Gasteiger partial charge in [-0.1, -0.05) is 45.4 Å². The summed E-state index contributed by atoms with van der Waals surface area (Å²) in [6.07, 6.45) is 0. The van der Waals surface area contributed by atoms with Crippen molar-refractivity contribution in [1.82, 2.24) is 9.97 Å². The summed E-state index contributed by atoms with van der Waals surface area (Å²) in [5.41, 5.74) is 3.08. The molecule has 1 aromatic heterocycles. The van der Waals surface area contributed by atoms with Crippen molar-refractivity contribution in [1.29, 1.82) is 5.26 Å². The largest absolute Gasteiger partial charge is 0.507 e. The fourth-order valence-corrected chi connectivity index (χ4v) is 2.60. The van der Waals surface area contributed by atoms with Crippen molar-refractivity contribution >= 4 is 38.2 Å². The zero-order chi connectivity index (χ0) is 18.5. The summed E-state index contributed by atoms with van der Waals surface area (Å²) < 4.78 is 0.972. The summed E-state index contributed by atoms with van der Waals surface area (Å²) in [5, 5.41) is 23.6. The normalized spacial score (nSPS) is 12.6. The average Bonchev–Trinajstić information content (AvgIpc) is 3.06. The molecular weight excluding hydrogens is 396 g/mol. The van der Waals surface area contributed by atoms with Gasteiger partial charge in [-0.2, -0.15) is 5.26 Å². The minimum atomic E-state index is -0.237. The Morgan fingerprint density at radius 1 is 1.27 bits per heavy atom. The lowest BCUT2D eigenvalue weighted by molar-refractivity contribution is 0.137. The number of aliphatic hydroxyl groups excluding tert-OH is 1. The number of nitrogens with zero attached hydrogens (tertiary/aromatic N) is 3. The molecule has 2 N–H and O–H groups in total. The maximum atomic E-state index is 10.2. The Morgan fingerprint density at radius 3 is 2.69 bits per heavy atom. The molecule has 7 heteroatoms. The number of H-pyrrole nitrogens is 1. The van der Waals surface area contributed by atoms with Crippen molar-refractivity contribution in [2.24, 2.45) is 5.16 Å². The molecule has 0 aliphatic heterocycles. The number of aromatic nitrogens is 2. The maximum absolute atomic E-state index is 10.2. The Labute approximate surface area is 158 Å². The van der Waals surface area contributed by atoms with Crippen LogP contribution < -0.4 is 0 Å². The Hall–Kier alpha value is -3.11. The Bertz CT molecular complexity index is 997. The van der Waals surface area contributed by atoms with Crippen LogP contribution in [-0.2, 0) is 4.84 Å². The van der Waals surface area contributed by atoms with Crippen LogP contribution in [0.5, 0.6) is 0 Å². The van der Waals surface area contributed by atoms with Crippen LogP contribution in [0.1, 0.15) is 18.3 Å². The van der Waals surface area contributed by atoms with Crippen LogP contribution in [0.2, 0.25) is 0 Å². The van der Waals surface area contributed by atoms with Gasteiger partial charge in [0.2, 0.25) is 0 Å². The zero-order valence-corrected chi connectivity index (χ0v) is 15.5. The van der Waals surface area contributed by atoms with Gasteiger partial charge in [0.25, 0.3) is 0 Å². The molecule has 0 unspecified atom stereocenters. The van der Waals surface area contributed by atoms with Crippen molar-refractivity contribution in [3.8, 4) is 6.07 Å². The van der Waals surface area contributed by atoms with Crippen molar-refractivity contribution < 1.29 is 9.94 Å². The van der Waals surface area contributed by atoms with Gasteiger partial charge in [0, 0.05) is 4.47 Å². The van der Waals surface area contributed by atoms with Gasteiger partial charge in [-0.05, 0) is 36.8 Å². The first-order chi connectivity index (χ1) is 12.6. The van der Waals surface area contributed by atoms with Crippen LogP contribution in [0, 0.1) is 11.3 Å².